The number of hydrogen-bond acceptors (Lipinski definition) is 6. The van der Waals surface area contributed by atoms with Crippen molar-refractivity contribution in [1.29, 1.82) is 0 Å². The van der Waals surface area contributed by atoms with E-state index in [1.165, 1.54) is 30.3 Å². The number of aliphatic hydroxyl groups is 1. The molecular weight excluding hydrogens is 624 g/mol. The maximum absolute atomic E-state index is 13.2. The molecule has 42 heavy (non-hydrogen) atoms. The molecule has 0 aliphatic carbocycles. The van der Waals surface area contributed by atoms with Gasteiger partial charge in [0.1, 0.15) is 6.54 Å². The highest BCUT2D eigenvalue weighted by atomic mass is 35.5. The van der Waals surface area contributed by atoms with Crippen LogP contribution in [0.3, 0.4) is 0 Å². The van der Waals surface area contributed by atoms with Crippen molar-refractivity contribution in [2.45, 2.75) is 44.0 Å². The Labute approximate surface area is 238 Å². The molecule has 230 valence electrons. The number of aliphatic hydroxyl groups excluding tert-OH is 1. The lowest BCUT2D eigenvalue weighted by Gasteiger charge is -2.20. The summed E-state index contributed by atoms with van der Waals surface area (Å²) >= 11 is 5.83. The summed E-state index contributed by atoms with van der Waals surface area (Å²) in [6, 6.07) is 7.82. The number of carbonyl (C=O) groups is 1. The molecule has 4 N–H and O–H groups in total. The number of carbonyl (C=O) groups excluding carboxylic acids is 1. The molecule has 0 aliphatic rings. The number of rotatable bonds is 11. The molecule has 3 rings (SSSR count). The predicted molar refractivity (Wildman–Crippen MR) is 135 cm³/mol. The first-order chi connectivity index (χ1) is 19.3. The molecule has 0 fully saturated rings. The van der Waals surface area contributed by atoms with Crippen molar-refractivity contribution < 1.29 is 49.2 Å². The van der Waals surface area contributed by atoms with Crippen molar-refractivity contribution in [1.82, 2.24) is 24.4 Å². The van der Waals surface area contributed by atoms with E-state index in [0.29, 0.717) is 15.3 Å². The number of benzene rings is 2. The Kier molecular flexibility index (Phi) is 10.1. The third kappa shape index (κ3) is 9.02. The smallest absolute Gasteiger partial charge is 0.382 e. The van der Waals surface area contributed by atoms with Crippen molar-refractivity contribution in [3.8, 4) is 11.4 Å². The second-order valence-corrected chi connectivity index (χ2v) is 10.5. The summed E-state index contributed by atoms with van der Waals surface area (Å²) in [5.41, 5.74) is -2.29. The van der Waals surface area contributed by atoms with Gasteiger partial charge in [-0.3, -0.25) is 13.9 Å². The van der Waals surface area contributed by atoms with E-state index in [-0.39, 0.29) is 28.4 Å². The zero-order chi connectivity index (χ0) is 31.5. The monoisotopic (exact) mass is 645 g/mol. The van der Waals surface area contributed by atoms with E-state index in [0.717, 1.165) is 12.1 Å². The molecule has 0 saturated carbocycles. The molecule has 1 aromatic heterocycles. The second-order valence-electron chi connectivity index (χ2n) is 8.84. The third-order valence-corrected chi connectivity index (χ3v) is 6.54. The van der Waals surface area contributed by atoms with Crippen LogP contribution in [-0.4, -0.2) is 57.2 Å². The first kappa shape index (κ1) is 33.1. The minimum Gasteiger partial charge on any atom is -0.382 e. The van der Waals surface area contributed by atoms with E-state index in [1.54, 1.807) is 4.72 Å². The van der Waals surface area contributed by atoms with Crippen LogP contribution in [0.4, 0.5) is 26.3 Å². The molecule has 0 bridgehead atoms. The van der Waals surface area contributed by atoms with Crippen LogP contribution in [0, 0.1) is 0 Å². The van der Waals surface area contributed by atoms with Gasteiger partial charge in [-0.25, -0.2) is 9.48 Å². The summed E-state index contributed by atoms with van der Waals surface area (Å²) in [5.74, 6) is -1.38. The van der Waals surface area contributed by atoms with Crippen molar-refractivity contribution in [3.63, 3.8) is 0 Å². The molecule has 1 heterocycles. The number of nitrogens with zero attached hydrogens (tertiary/aromatic N) is 3. The van der Waals surface area contributed by atoms with Crippen LogP contribution in [0.5, 0.6) is 0 Å². The fourth-order valence-corrected chi connectivity index (χ4v) is 4.26. The van der Waals surface area contributed by atoms with Crippen molar-refractivity contribution in [2.75, 3.05) is 6.54 Å². The maximum Gasteiger partial charge on any atom is 0.416 e. The van der Waals surface area contributed by atoms with E-state index in [2.05, 4.69) is 10.4 Å². The number of aromatic nitrogens is 3. The largest absolute Gasteiger partial charge is 0.416 e. The molecule has 19 heteroatoms. The van der Waals surface area contributed by atoms with E-state index in [9.17, 15) is 49.5 Å². The van der Waals surface area contributed by atoms with Crippen LogP contribution in [-0.2, 0) is 34.4 Å². The molecule has 0 aliphatic heterocycles. The molecular formula is C23H22ClF6N5O6S. The second kappa shape index (κ2) is 12.8. The summed E-state index contributed by atoms with van der Waals surface area (Å²) in [5, 5.41) is 16.1. The number of nitrogens with one attached hydrogen (secondary N) is 2. The first-order valence-electron chi connectivity index (χ1n) is 11.7. The molecule has 2 atom stereocenters. The summed E-state index contributed by atoms with van der Waals surface area (Å²) in [6.45, 7) is -2.71. The van der Waals surface area contributed by atoms with Gasteiger partial charge in [0, 0.05) is 17.1 Å². The highest BCUT2D eigenvalue weighted by Crippen LogP contribution is 2.31. The van der Waals surface area contributed by atoms with Crippen molar-refractivity contribution in [3.05, 3.63) is 75.2 Å². The highest BCUT2D eigenvalue weighted by Gasteiger charge is 2.39. The molecule has 3 aromatic rings. The van der Waals surface area contributed by atoms with Gasteiger partial charge in [0.15, 0.2) is 11.9 Å². The van der Waals surface area contributed by atoms with Crippen LogP contribution < -0.4 is 15.7 Å². The van der Waals surface area contributed by atoms with Gasteiger partial charge in [0.25, 0.3) is 0 Å². The maximum atomic E-state index is 13.2. The normalized spacial score (nSPS) is 14.0. The Morgan fingerprint density at radius 2 is 1.71 bits per heavy atom. The van der Waals surface area contributed by atoms with Gasteiger partial charge in [-0.2, -0.15) is 39.5 Å². The van der Waals surface area contributed by atoms with Crippen LogP contribution in [0.15, 0.2) is 53.3 Å². The Morgan fingerprint density at radius 1 is 1.07 bits per heavy atom. The van der Waals surface area contributed by atoms with Crippen LogP contribution in [0.2, 0.25) is 5.02 Å². The number of alkyl halides is 6. The lowest BCUT2D eigenvalue weighted by Crippen LogP contribution is -2.39. The average molecular weight is 646 g/mol. The van der Waals surface area contributed by atoms with Gasteiger partial charge in [0.05, 0.1) is 18.2 Å². The highest BCUT2D eigenvalue weighted by molar-refractivity contribution is 7.83. The van der Waals surface area contributed by atoms with Crippen molar-refractivity contribution in [2.24, 2.45) is 0 Å². The lowest BCUT2D eigenvalue weighted by atomic mass is 10.0. The lowest BCUT2D eigenvalue weighted by molar-refractivity contribution is -0.207. The molecule has 0 radical (unpaired) electrons. The first-order valence-corrected chi connectivity index (χ1v) is 13.5. The Balaban J connectivity index is 1.93. The predicted octanol–water partition coefficient (Wildman–Crippen LogP) is 2.95. The SMILES string of the molecule is O=C(Cn1nc(-c2ccc(Cl)cc2)n(C[C@H](O)C(F)(F)F)c1=O)NC(CCNS(=O)(=O)O)c1cccc(C(F)(F)F)c1. The van der Waals surface area contributed by atoms with E-state index in [4.69, 9.17) is 16.2 Å². The van der Waals surface area contributed by atoms with Gasteiger partial charge < -0.3 is 10.4 Å². The molecule has 2 aromatic carbocycles. The van der Waals surface area contributed by atoms with Gasteiger partial charge in [-0.15, -0.1) is 5.10 Å². The van der Waals surface area contributed by atoms with E-state index in [1.807, 2.05) is 0 Å². The minimum absolute atomic E-state index is 0.108. The van der Waals surface area contributed by atoms with Crippen molar-refractivity contribution >= 4 is 27.8 Å². The topological polar surface area (TPSA) is 156 Å². The fourth-order valence-electron chi connectivity index (χ4n) is 3.76. The van der Waals surface area contributed by atoms with Crippen LogP contribution in [0.1, 0.15) is 23.6 Å². The fraction of sp³-hybridized carbons (Fsp3) is 0.348. The zero-order valence-corrected chi connectivity index (χ0v) is 22.6. The van der Waals surface area contributed by atoms with Gasteiger partial charge in [0.2, 0.25) is 5.91 Å². The minimum atomic E-state index is -5.09. The number of halogens is 7. The summed E-state index contributed by atoms with van der Waals surface area (Å²) in [7, 11) is -4.68. The van der Waals surface area contributed by atoms with Gasteiger partial charge >= 0.3 is 28.3 Å². The number of amides is 1. The molecule has 0 spiro atoms. The Morgan fingerprint density at radius 3 is 2.29 bits per heavy atom. The van der Waals surface area contributed by atoms with E-state index < -0.39 is 71.6 Å². The van der Waals surface area contributed by atoms with Crippen LogP contribution in [0.25, 0.3) is 11.4 Å². The average Bonchev–Trinajstić information content (AvgIpc) is 3.16. The molecule has 11 nitrogen and oxygen atoms in total. The Bertz CT molecular complexity index is 1570. The zero-order valence-electron chi connectivity index (χ0n) is 21.0. The summed E-state index contributed by atoms with van der Waals surface area (Å²) < 4.78 is 112. The molecule has 1 amide bonds. The molecule has 1 unspecified atom stereocenters. The summed E-state index contributed by atoms with van der Waals surface area (Å²) in [4.78, 5) is 25.9. The number of hydrogen-bond donors (Lipinski definition) is 4. The third-order valence-electron chi connectivity index (χ3n) is 5.72. The quantitative estimate of drug-likeness (QED) is 0.185. The molecule has 0 saturated heterocycles. The Hall–Kier alpha value is -3.45. The van der Waals surface area contributed by atoms with Gasteiger partial charge in [-0.05, 0) is 48.4 Å². The summed E-state index contributed by atoms with van der Waals surface area (Å²) in [6.07, 6.45) is -13.2. The van der Waals surface area contributed by atoms with E-state index >= 15 is 0 Å². The standard InChI is InChI=1S/C23H22ClF6N5O6S/c24-16-6-4-13(5-7-16)20-33-35(21(38)34(20)11-18(36)23(28,29)30)12-19(37)32-17(8-9-31-42(39,40)41)14-2-1-3-15(10-14)22(25,26)27/h1-7,10,17-18,31,36H,8-9,11-12H2,(H,32,37)(H,39,40,41)/t17?,18-/m0/s1. The van der Waals surface area contributed by atoms with Gasteiger partial charge in [-0.1, -0.05) is 23.7 Å². The van der Waals surface area contributed by atoms with Crippen LogP contribution >= 0.6 is 11.6 Å².